The molecule has 3 rings (SSSR count). The lowest BCUT2D eigenvalue weighted by Crippen LogP contribution is -2.56. The Morgan fingerprint density at radius 2 is 2.14 bits per heavy atom. The maximum Gasteiger partial charge on any atom is 0.254 e. The van der Waals surface area contributed by atoms with E-state index in [9.17, 15) is 4.79 Å². The number of benzene rings is 1. The number of carbonyl (C=O) groups is 1. The molecule has 0 radical (unpaired) electrons. The number of hydrogen-bond acceptors (Lipinski definition) is 3. The number of ether oxygens (including phenoxy) is 2. The van der Waals surface area contributed by atoms with Gasteiger partial charge in [0, 0.05) is 12.1 Å². The van der Waals surface area contributed by atoms with Crippen molar-refractivity contribution in [2.75, 3.05) is 19.8 Å². The average Bonchev–Trinajstić information content (AvgIpc) is 2.47. The van der Waals surface area contributed by atoms with E-state index in [-0.39, 0.29) is 11.4 Å². The predicted molar refractivity (Wildman–Crippen MR) is 80.1 cm³/mol. The van der Waals surface area contributed by atoms with Crippen LogP contribution in [0.3, 0.4) is 0 Å². The number of aryl methyl sites for hydroxylation is 1. The molecule has 0 N–H and O–H groups in total. The maximum absolute atomic E-state index is 12.8. The lowest BCUT2D eigenvalue weighted by atomic mass is 9.83. The van der Waals surface area contributed by atoms with Crippen molar-refractivity contribution in [3.63, 3.8) is 0 Å². The SMILES string of the molecule is Cc1cccc2c1CC(C)(C)N(C(=O)C1COCCO1)C2. The second-order valence-electron chi connectivity index (χ2n) is 6.56. The molecule has 1 amide bonds. The monoisotopic (exact) mass is 289 g/mol. The number of rotatable bonds is 1. The van der Waals surface area contributed by atoms with E-state index in [0.29, 0.717) is 26.4 Å². The van der Waals surface area contributed by atoms with Gasteiger partial charge in [0.05, 0.1) is 19.8 Å². The predicted octanol–water partition coefficient (Wildman–Crippen LogP) is 2.07. The van der Waals surface area contributed by atoms with Gasteiger partial charge in [-0.3, -0.25) is 4.79 Å². The Balaban J connectivity index is 1.87. The van der Waals surface area contributed by atoms with Crippen molar-refractivity contribution in [1.29, 1.82) is 0 Å². The second-order valence-corrected chi connectivity index (χ2v) is 6.56. The van der Waals surface area contributed by atoms with Crippen LogP contribution >= 0.6 is 0 Å². The molecule has 21 heavy (non-hydrogen) atoms. The lowest BCUT2D eigenvalue weighted by molar-refractivity contribution is -0.164. The Morgan fingerprint density at radius 3 is 2.86 bits per heavy atom. The van der Waals surface area contributed by atoms with Crippen LogP contribution in [0.5, 0.6) is 0 Å². The molecule has 1 aromatic carbocycles. The van der Waals surface area contributed by atoms with Crippen molar-refractivity contribution in [2.45, 2.75) is 45.4 Å². The summed E-state index contributed by atoms with van der Waals surface area (Å²) in [7, 11) is 0. The first-order valence-corrected chi connectivity index (χ1v) is 7.57. The van der Waals surface area contributed by atoms with Gasteiger partial charge in [0.1, 0.15) is 0 Å². The third-order valence-corrected chi connectivity index (χ3v) is 4.53. The van der Waals surface area contributed by atoms with Gasteiger partial charge in [-0.15, -0.1) is 0 Å². The van der Waals surface area contributed by atoms with Gasteiger partial charge >= 0.3 is 0 Å². The summed E-state index contributed by atoms with van der Waals surface area (Å²) in [5.41, 5.74) is 3.74. The van der Waals surface area contributed by atoms with Crippen molar-refractivity contribution in [2.24, 2.45) is 0 Å². The molecular weight excluding hydrogens is 266 g/mol. The largest absolute Gasteiger partial charge is 0.376 e. The number of carbonyl (C=O) groups excluding carboxylic acids is 1. The summed E-state index contributed by atoms with van der Waals surface area (Å²) in [6.45, 7) is 8.50. The minimum absolute atomic E-state index is 0.0480. The standard InChI is InChI=1S/C17H23NO3/c1-12-5-4-6-13-10-18(17(2,3)9-14(12)13)16(19)15-11-20-7-8-21-15/h4-6,15H,7-11H2,1-3H3. The Labute approximate surface area is 126 Å². The number of amides is 1. The molecule has 0 spiro atoms. The van der Waals surface area contributed by atoms with Crippen LogP contribution in [0.15, 0.2) is 18.2 Å². The van der Waals surface area contributed by atoms with Gasteiger partial charge in [0.2, 0.25) is 0 Å². The molecule has 114 valence electrons. The van der Waals surface area contributed by atoms with Gasteiger partial charge in [0.15, 0.2) is 6.10 Å². The molecular formula is C17H23NO3. The van der Waals surface area contributed by atoms with E-state index in [1.807, 2.05) is 4.90 Å². The van der Waals surface area contributed by atoms with Crippen molar-refractivity contribution >= 4 is 5.91 Å². The molecule has 4 heteroatoms. The van der Waals surface area contributed by atoms with Crippen molar-refractivity contribution < 1.29 is 14.3 Å². The number of hydrogen-bond donors (Lipinski definition) is 0. The van der Waals surface area contributed by atoms with Crippen LogP contribution in [0.4, 0.5) is 0 Å². The average molecular weight is 289 g/mol. The molecule has 2 aliphatic heterocycles. The zero-order valence-corrected chi connectivity index (χ0v) is 13.0. The number of fused-ring (bicyclic) bond motifs is 1. The molecule has 1 saturated heterocycles. The van der Waals surface area contributed by atoms with E-state index in [2.05, 4.69) is 39.0 Å². The molecule has 0 bridgehead atoms. The van der Waals surface area contributed by atoms with Gasteiger partial charge in [-0.25, -0.2) is 0 Å². The van der Waals surface area contributed by atoms with Gasteiger partial charge < -0.3 is 14.4 Å². The highest BCUT2D eigenvalue weighted by atomic mass is 16.6. The Bertz CT molecular complexity index is 547. The third-order valence-electron chi connectivity index (χ3n) is 4.53. The van der Waals surface area contributed by atoms with E-state index in [4.69, 9.17) is 9.47 Å². The topological polar surface area (TPSA) is 38.8 Å². The molecule has 1 aromatic rings. The summed E-state index contributed by atoms with van der Waals surface area (Å²) < 4.78 is 11.0. The minimum atomic E-state index is -0.454. The highest BCUT2D eigenvalue weighted by Gasteiger charge is 2.39. The van der Waals surface area contributed by atoms with Crippen molar-refractivity contribution in [3.8, 4) is 0 Å². The van der Waals surface area contributed by atoms with Gasteiger partial charge in [0.25, 0.3) is 5.91 Å². The van der Waals surface area contributed by atoms with Gasteiger partial charge in [-0.05, 0) is 43.9 Å². The second kappa shape index (κ2) is 5.43. The van der Waals surface area contributed by atoms with E-state index < -0.39 is 6.10 Å². The van der Waals surface area contributed by atoms with Crippen LogP contribution in [0, 0.1) is 6.92 Å². The van der Waals surface area contributed by atoms with Crippen LogP contribution in [0.1, 0.15) is 30.5 Å². The summed E-state index contributed by atoms with van der Waals surface area (Å²) in [5, 5.41) is 0. The lowest BCUT2D eigenvalue weighted by Gasteiger charge is -2.45. The van der Waals surface area contributed by atoms with E-state index in [0.717, 1.165) is 6.42 Å². The van der Waals surface area contributed by atoms with Crippen LogP contribution < -0.4 is 0 Å². The summed E-state index contributed by atoms with van der Waals surface area (Å²) in [6.07, 6.45) is 0.429. The van der Waals surface area contributed by atoms with Crippen LogP contribution in [0.2, 0.25) is 0 Å². The Kier molecular flexibility index (Phi) is 3.76. The molecule has 0 aliphatic carbocycles. The first-order chi connectivity index (χ1) is 9.99. The summed E-state index contributed by atoms with van der Waals surface area (Å²) in [6, 6.07) is 6.33. The summed E-state index contributed by atoms with van der Waals surface area (Å²) in [5.74, 6) is 0.0480. The first kappa shape index (κ1) is 14.5. The van der Waals surface area contributed by atoms with E-state index in [1.165, 1.54) is 16.7 Å². The maximum atomic E-state index is 12.8. The summed E-state index contributed by atoms with van der Waals surface area (Å²) in [4.78, 5) is 14.7. The zero-order chi connectivity index (χ0) is 15.0. The molecule has 4 nitrogen and oxygen atoms in total. The molecule has 1 unspecified atom stereocenters. The van der Waals surface area contributed by atoms with Crippen LogP contribution in [0.25, 0.3) is 0 Å². The molecule has 1 fully saturated rings. The smallest absolute Gasteiger partial charge is 0.254 e. The molecule has 0 aromatic heterocycles. The van der Waals surface area contributed by atoms with Crippen molar-refractivity contribution in [1.82, 2.24) is 4.90 Å². The molecule has 2 heterocycles. The first-order valence-electron chi connectivity index (χ1n) is 7.57. The quantitative estimate of drug-likeness (QED) is 0.794. The van der Waals surface area contributed by atoms with Crippen molar-refractivity contribution in [3.05, 3.63) is 34.9 Å². The normalized spacial score (nSPS) is 24.5. The highest BCUT2D eigenvalue weighted by Crippen LogP contribution is 2.33. The Hall–Kier alpha value is -1.39. The number of nitrogens with zero attached hydrogens (tertiary/aromatic N) is 1. The molecule has 2 aliphatic rings. The van der Waals surface area contributed by atoms with E-state index in [1.54, 1.807) is 0 Å². The zero-order valence-electron chi connectivity index (χ0n) is 13.0. The fourth-order valence-electron chi connectivity index (χ4n) is 3.26. The molecule has 0 saturated carbocycles. The molecule has 1 atom stereocenters. The fraction of sp³-hybridized carbons (Fsp3) is 0.588. The fourth-order valence-corrected chi connectivity index (χ4v) is 3.26. The Morgan fingerprint density at radius 1 is 1.33 bits per heavy atom. The van der Waals surface area contributed by atoms with Gasteiger partial charge in [-0.2, -0.15) is 0 Å². The highest BCUT2D eigenvalue weighted by molar-refractivity contribution is 5.82. The van der Waals surface area contributed by atoms with Gasteiger partial charge in [-0.1, -0.05) is 18.2 Å². The minimum Gasteiger partial charge on any atom is -0.376 e. The van der Waals surface area contributed by atoms with E-state index >= 15 is 0 Å². The van der Waals surface area contributed by atoms with Crippen LogP contribution in [-0.2, 0) is 27.2 Å². The summed E-state index contributed by atoms with van der Waals surface area (Å²) >= 11 is 0. The van der Waals surface area contributed by atoms with Crippen LogP contribution in [-0.4, -0.2) is 42.3 Å². The third kappa shape index (κ3) is 2.70.